The van der Waals surface area contributed by atoms with Crippen molar-refractivity contribution in [1.29, 1.82) is 0 Å². The van der Waals surface area contributed by atoms with Gasteiger partial charge in [0.15, 0.2) is 5.82 Å². The normalized spacial score (nSPS) is 14.7. The molecule has 1 amide bonds. The molecule has 0 saturated heterocycles. The van der Waals surface area contributed by atoms with Crippen LogP contribution in [0.1, 0.15) is 44.1 Å². The Labute approximate surface area is 192 Å². The van der Waals surface area contributed by atoms with E-state index >= 15 is 0 Å². The highest BCUT2D eigenvalue weighted by Gasteiger charge is 2.25. The summed E-state index contributed by atoms with van der Waals surface area (Å²) in [5, 5.41) is 4.82. The molecule has 0 unspecified atom stereocenters. The number of carbonyl (C=O) groups is 1. The largest absolute Gasteiger partial charge is 0.347 e. The van der Waals surface area contributed by atoms with Crippen LogP contribution in [0, 0.1) is 0 Å². The monoisotopic (exact) mass is 463 g/mol. The quantitative estimate of drug-likeness (QED) is 0.451. The van der Waals surface area contributed by atoms with Crippen LogP contribution in [-0.4, -0.2) is 21.5 Å². The fraction of sp³-hybridized carbons (Fsp3) is 0.304. The van der Waals surface area contributed by atoms with Gasteiger partial charge in [0, 0.05) is 35.7 Å². The average molecular weight is 465 g/mol. The van der Waals surface area contributed by atoms with E-state index in [1.807, 2.05) is 41.9 Å². The molecule has 1 aliphatic carbocycles. The first-order valence-corrected chi connectivity index (χ1v) is 11.2. The summed E-state index contributed by atoms with van der Waals surface area (Å²) in [5.74, 6) is 0.183. The molecular formula is C23H24Cl3N3O. The first kappa shape index (κ1) is 21.2. The molecular weight excluding hydrogens is 441 g/mol. The minimum absolute atomic E-state index is 0. The van der Waals surface area contributed by atoms with E-state index in [2.05, 4.69) is 5.32 Å². The molecule has 3 aromatic rings. The van der Waals surface area contributed by atoms with Gasteiger partial charge in [-0.2, -0.15) is 0 Å². The molecule has 7 heteroatoms. The van der Waals surface area contributed by atoms with Crippen LogP contribution in [0.25, 0.3) is 22.5 Å². The van der Waals surface area contributed by atoms with E-state index in [4.69, 9.17) is 39.8 Å². The van der Waals surface area contributed by atoms with Crippen molar-refractivity contribution in [2.75, 3.05) is 0 Å². The lowest BCUT2D eigenvalue weighted by Crippen LogP contribution is -2.37. The SMILES string of the molecule is Cn1c(C(=O)NC2CCCCC2)nc(-c2ccc(Cl)cc2Cl)c1-c1ccc(Cl)cc1.[HH]. The summed E-state index contributed by atoms with van der Waals surface area (Å²) in [7, 11) is 1.85. The van der Waals surface area contributed by atoms with Crippen molar-refractivity contribution >= 4 is 40.7 Å². The minimum atomic E-state index is -0.170. The van der Waals surface area contributed by atoms with Gasteiger partial charge in [0.2, 0.25) is 0 Å². The zero-order valence-electron chi connectivity index (χ0n) is 16.6. The Hall–Kier alpha value is -2.01. The number of nitrogens with zero attached hydrogens (tertiary/aromatic N) is 2. The summed E-state index contributed by atoms with van der Waals surface area (Å²) >= 11 is 18.7. The van der Waals surface area contributed by atoms with Gasteiger partial charge in [-0.05, 0) is 43.2 Å². The highest BCUT2D eigenvalue weighted by Crippen LogP contribution is 2.37. The van der Waals surface area contributed by atoms with Gasteiger partial charge in [-0.15, -0.1) is 0 Å². The van der Waals surface area contributed by atoms with Gasteiger partial charge < -0.3 is 9.88 Å². The first-order valence-electron chi connectivity index (χ1n) is 10.0. The molecule has 1 fully saturated rings. The number of rotatable bonds is 4. The van der Waals surface area contributed by atoms with Gasteiger partial charge in [-0.25, -0.2) is 4.98 Å². The van der Waals surface area contributed by atoms with Crippen LogP contribution in [0.15, 0.2) is 42.5 Å². The summed E-state index contributed by atoms with van der Waals surface area (Å²) in [6.45, 7) is 0. The van der Waals surface area contributed by atoms with Crippen molar-refractivity contribution in [3.8, 4) is 22.5 Å². The molecule has 1 heterocycles. The van der Waals surface area contributed by atoms with E-state index in [9.17, 15) is 4.79 Å². The maximum atomic E-state index is 13.1. The van der Waals surface area contributed by atoms with Crippen LogP contribution < -0.4 is 5.32 Å². The van der Waals surface area contributed by atoms with Crippen LogP contribution in [0.3, 0.4) is 0 Å². The van der Waals surface area contributed by atoms with E-state index in [0.29, 0.717) is 26.6 Å². The lowest BCUT2D eigenvalue weighted by molar-refractivity contribution is 0.0914. The topological polar surface area (TPSA) is 46.9 Å². The van der Waals surface area contributed by atoms with Crippen LogP contribution in [0.2, 0.25) is 15.1 Å². The number of carbonyl (C=O) groups excluding carboxylic acids is 1. The number of imidazole rings is 1. The smallest absolute Gasteiger partial charge is 0.287 e. The molecule has 1 N–H and O–H groups in total. The first-order chi connectivity index (χ1) is 14.4. The van der Waals surface area contributed by atoms with E-state index in [1.54, 1.807) is 12.1 Å². The molecule has 4 nitrogen and oxygen atoms in total. The predicted molar refractivity (Wildman–Crippen MR) is 126 cm³/mol. The molecule has 0 atom stereocenters. The van der Waals surface area contributed by atoms with Crippen LogP contribution in [0.4, 0.5) is 0 Å². The Morgan fingerprint density at radius 1 is 1.03 bits per heavy atom. The average Bonchev–Trinajstić information content (AvgIpc) is 3.06. The second-order valence-corrected chi connectivity index (χ2v) is 8.91. The molecule has 4 rings (SSSR count). The van der Waals surface area contributed by atoms with E-state index in [0.717, 1.165) is 42.5 Å². The molecule has 0 radical (unpaired) electrons. The summed E-state index contributed by atoms with van der Waals surface area (Å²) in [6.07, 6.45) is 5.54. The lowest BCUT2D eigenvalue weighted by Gasteiger charge is -2.22. The minimum Gasteiger partial charge on any atom is -0.347 e. The number of aromatic nitrogens is 2. The van der Waals surface area contributed by atoms with Crippen LogP contribution in [0.5, 0.6) is 0 Å². The summed E-state index contributed by atoms with van der Waals surface area (Å²) < 4.78 is 1.82. The molecule has 0 aliphatic heterocycles. The Bertz CT molecular complexity index is 1080. The van der Waals surface area contributed by atoms with Gasteiger partial charge in [0.05, 0.1) is 16.4 Å². The van der Waals surface area contributed by atoms with Gasteiger partial charge in [-0.1, -0.05) is 66.2 Å². The third-order valence-corrected chi connectivity index (χ3v) is 6.34. The van der Waals surface area contributed by atoms with E-state index < -0.39 is 0 Å². The van der Waals surface area contributed by atoms with Crippen molar-refractivity contribution in [3.63, 3.8) is 0 Å². The molecule has 0 bridgehead atoms. The van der Waals surface area contributed by atoms with Crippen molar-refractivity contribution in [2.24, 2.45) is 7.05 Å². The fourth-order valence-corrected chi connectivity index (χ4v) is 4.63. The number of halogens is 3. The molecule has 158 valence electrons. The Balaban J connectivity index is 0.00000272. The third kappa shape index (κ3) is 4.36. The molecule has 1 saturated carbocycles. The van der Waals surface area contributed by atoms with Crippen molar-refractivity contribution in [3.05, 3.63) is 63.4 Å². The standard InChI is InChI=1S/C23H22Cl3N3O.H2/c1-29-21(14-7-9-15(24)10-8-14)20(18-12-11-16(25)13-19(18)26)28-22(29)23(30)27-17-5-3-2-4-6-17;/h7-13,17H,2-6H2,1H3,(H,27,30);1H. The maximum Gasteiger partial charge on any atom is 0.287 e. The summed E-state index contributed by atoms with van der Waals surface area (Å²) in [6, 6.07) is 12.9. The highest BCUT2D eigenvalue weighted by molar-refractivity contribution is 6.36. The van der Waals surface area contributed by atoms with Crippen LogP contribution in [-0.2, 0) is 7.05 Å². The zero-order valence-corrected chi connectivity index (χ0v) is 18.9. The number of hydrogen-bond donors (Lipinski definition) is 1. The number of nitrogens with one attached hydrogen (secondary N) is 1. The molecule has 30 heavy (non-hydrogen) atoms. The van der Waals surface area contributed by atoms with Crippen molar-refractivity contribution in [2.45, 2.75) is 38.1 Å². The van der Waals surface area contributed by atoms with Gasteiger partial charge >= 0.3 is 0 Å². The van der Waals surface area contributed by atoms with E-state index in [1.165, 1.54) is 6.42 Å². The van der Waals surface area contributed by atoms with E-state index in [-0.39, 0.29) is 13.4 Å². The molecule has 1 aliphatic rings. The Kier molecular flexibility index (Phi) is 6.37. The lowest BCUT2D eigenvalue weighted by atomic mass is 9.95. The van der Waals surface area contributed by atoms with Gasteiger partial charge in [0.1, 0.15) is 0 Å². The highest BCUT2D eigenvalue weighted by atomic mass is 35.5. The number of amides is 1. The van der Waals surface area contributed by atoms with Gasteiger partial charge in [0.25, 0.3) is 5.91 Å². The Morgan fingerprint density at radius 2 is 1.70 bits per heavy atom. The zero-order chi connectivity index (χ0) is 21.3. The summed E-state index contributed by atoms with van der Waals surface area (Å²) in [4.78, 5) is 17.8. The third-order valence-electron chi connectivity index (χ3n) is 5.54. The number of hydrogen-bond acceptors (Lipinski definition) is 2. The fourth-order valence-electron chi connectivity index (χ4n) is 4.01. The maximum absolute atomic E-state index is 13.1. The molecule has 2 aromatic carbocycles. The van der Waals surface area contributed by atoms with Gasteiger partial charge in [-0.3, -0.25) is 4.79 Å². The Morgan fingerprint density at radius 3 is 2.37 bits per heavy atom. The molecule has 0 spiro atoms. The van der Waals surface area contributed by atoms with Crippen LogP contribution >= 0.6 is 34.8 Å². The van der Waals surface area contributed by atoms with Crippen molar-refractivity contribution in [1.82, 2.24) is 14.9 Å². The molecule has 1 aromatic heterocycles. The number of benzene rings is 2. The second kappa shape index (κ2) is 9.01. The van der Waals surface area contributed by atoms with Crippen molar-refractivity contribution < 1.29 is 6.22 Å². The second-order valence-electron chi connectivity index (χ2n) is 7.63. The summed E-state index contributed by atoms with van der Waals surface area (Å²) in [5.41, 5.74) is 3.05. The predicted octanol–water partition coefficient (Wildman–Crippen LogP) is 7.02.